The Bertz CT molecular complexity index is 1420. The van der Waals surface area contributed by atoms with Crippen LogP contribution in [-0.4, -0.2) is 55.4 Å². The van der Waals surface area contributed by atoms with Crippen LogP contribution in [0, 0.1) is 10.1 Å². The molecule has 0 radical (unpaired) electrons. The molecule has 0 aliphatic carbocycles. The van der Waals surface area contributed by atoms with Gasteiger partial charge in [0.1, 0.15) is 5.69 Å². The van der Waals surface area contributed by atoms with Crippen LogP contribution in [0.15, 0.2) is 58.3 Å². The van der Waals surface area contributed by atoms with E-state index in [1.54, 1.807) is 24.3 Å². The lowest BCUT2D eigenvalue weighted by molar-refractivity contribution is -0.384. The standard InChI is InChI=1S/C20H15N9O6/c1-34-20(31)13-4-2-11(3-5-13)10-22-24-19(30)15-16(12-6-8-14(9-7-12)29(32)33)28(27-23-15)18-17(21)25-35-26-18/h2-10H,1H3,(H2,21,25)(H,24,30)/b22-10+. The highest BCUT2D eigenvalue weighted by Gasteiger charge is 2.25. The molecule has 1 amide bonds. The van der Waals surface area contributed by atoms with Crippen LogP contribution < -0.4 is 11.2 Å². The fourth-order valence-corrected chi connectivity index (χ4v) is 2.96. The van der Waals surface area contributed by atoms with Crippen molar-refractivity contribution >= 4 is 29.6 Å². The number of nitrogen functional groups attached to an aromatic ring is 1. The molecule has 0 saturated heterocycles. The summed E-state index contributed by atoms with van der Waals surface area (Å²) in [5, 5.41) is 29.8. The first-order valence-corrected chi connectivity index (χ1v) is 9.69. The minimum atomic E-state index is -0.734. The van der Waals surface area contributed by atoms with Crippen molar-refractivity contribution in [3.05, 3.63) is 75.5 Å². The largest absolute Gasteiger partial charge is 0.465 e. The molecule has 2 aromatic heterocycles. The summed E-state index contributed by atoms with van der Waals surface area (Å²) in [6, 6.07) is 11.7. The Morgan fingerprint density at radius 2 is 1.89 bits per heavy atom. The third kappa shape index (κ3) is 4.68. The predicted molar refractivity (Wildman–Crippen MR) is 119 cm³/mol. The first kappa shape index (κ1) is 22.7. The van der Waals surface area contributed by atoms with Gasteiger partial charge in [0, 0.05) is 17.7 Å². The molecule has 4 rings (SSSR count). The van der Waals surface area contributed by atoms with E-state index in [2.05, 4.69) is 40.5 Å². The van der Waals surface area contributed by atoms with Crippen LogP contribution in [0.25, 0.3) is 17.1 Å². The average molecular weight is 477 g/mol. The highest BCUT2D eigenvalue weighted by Crippen LogP contribution is 2.28. The molecule has 35 heavy (non-hydrogen) atoms. The van der Waals surface area contributed by atoms with Crippen LogP contribution in [-0.2, 0) is 4.74 Å². The number of anilines is 1. The molecule has 2 aromatic carbocycles. The minimum Gasteiger partial charge on any atom is -0.465 e. The molecule has 0 aliphatic rings. The van der Waals surface area contributed by atoms with E-state index in [0.29, 0.717) is 16.7 Å². The number of amides is 1. The number of hydrazone groups is 1. The highest BCUT2D eigenvalue weighted by molar-refractivity contribution is 5.99. The quantitative estimate of drug-likeness (QED) is 0.168. The summed E-state index contributed by atoms with van der Waals surface area (Å²) in [5.74, 6) is -1.36. The molecular weight excluding hydrogens is 462 g/mol. The minimum absolute atomic E-state index is 0.0286. The van der Waals surface area contributed by atoms with Gasteiger partial charge in [0.15, 0.2) is 5.69 Å². The maximum atomic E-state index is 12.9. The number of benzene rings is 2. The molecule has 15 nitrogen and oxygen atoms in total. The molecule has 3 N–H and O–H groups in total. The van der Waals surface area contributed by atoms with Gasteiger partial charge in [-0.25, -0.2) is 14.8 Å². The summed E-state index contributed by atoms with van der Waals surface area (Å²) < 4.78 is 10.4. The molecule has 0 spiro atoms. The molecule has 4 aromatic rings. The lowest BCUT2D eigenvalue weighted by atomic mass is 10.1. The fraction of sp³-hybridized carbons (Fsp3) is 0.0500. The number of carbonyl (C=O) groups excluding carboxylic acids is 2. The van der Waals surface area contributed by atoms with E-state index in [1.807, 2.05) is 0 Å². The van der Waals surface area contributed by atoms with Gasteiger partial charge in [0.25, 0.3) is 11.6 Å². The summed E-state index contributed by atoms with van der Waals surface area (Å²) in [4.78, 5) is 34.8. The highest BCUT2D eigenvalue weighted by atomic mass is 16.6. The van der Waals surface area contributed by atoms with Crippen LogP contribution in [0.4, 0.5) is 11.5 Å². The number of hydrogen-bond acceptors (Lipinski definition) is 12. The molecule has 0 fully saturated rings. The zero-order chi connectivity index (χ0) is 24.9. The maximum Gasteiger partial charge on any atom is 0.337 e. The summed E-state index contributed by atoms with van der Waals surface area (Å²) >= 11 is 0. The molecule has 2 heterocycles. The third-order valence-electron chi connectivity index (χ3n) is 4.64. The van der Waals surface area contributed by atoms with Gasteiger partial charge in [-0.3, -0.25) is 14.9 Å². The SMILES string of the molecule is COC(=O)c1ccc(/C=N/NC(=O)c2nnn(-c3nonc3N)c2-c2ccc([N+](=O)[O-])cc2)cc1. The predicted octanol–water partition coefficient (Wildman–Crippen LogP) is 1.36. The van der Waals surface area contributed by atoms with E-state index in [1.165, 1.54) is 37.6 Å². The van der Waals surface area contributed by atoms with Crippen molar-refractivity contribution in [1.29, 1.82) is 0 Å². The van der Waals surface area contributed by atoms with Crippen molar-refractivity contribution in [3.63, 3.8) is 0 Å². The van der Waals surface area contributed by atoms with Crippen molar-refractivity contribution in [3.8, 4) is 17.1 Å². The van der Waals surface area contributed by atoms with Crippen molar-refractivity contribution < 1.29 is 23.9 Å². The fourth-order valence-electron chi connectivity index (χ4n) is 2.96. The second-order valence-electron chi connectivity index (χ2n) is 6.79. The number of aromatic nitrogens is 5. The van der Waals surface area contributed by atoms with Gasteiger partial charge in [-0.1, -0.05) is 17.3 Å². The molecule has 0 bridgehead atoms. The van der Waals surface area contributed by atoms with E-state index in [0.717, 1.165) is 4.68 Å². The molecule has 176 valence electrons. The summed E-state index contributed by atoms with van der Waals surface area (Å²) in [7, 11) is 1.28. The van der Waals surface area contributed by atoms with Gasteiger partial charge in [0.2, 0.25) is 11.6 Å². The van der Waals surface area contributed by atoms with Crippen molar-refractivity contribution in [2.45, 2.75) is 0 Å². The first-order chi connectivity index (χ1) is 16.9. The summed E-state index contributed by atoms with van der Waals surface area (Å²) in [6.07, 6.45) is 1.36. The van der Waals surface area contributed by atoms with Gasteiger partial charge in [-0.2, -0.15) is 9.78 Å². The van der Waals surface area contributed by atoms with E-state index >= 15 is 0 Å². The van der Waals surface area contributed by atoms with Crippen molar-refractivity contribution in [2.24, 2.45) is 5.10 Å². The van der Waals surface area contributed by atoms with Crippen LogP contribution in [0.3, 0.4) is 0 Å². The van der Waals surface area contributed by atoms with Gasteiger partial charge >= 0.3 is 5.97 Å². The van der Waals surface area contributed by atoms with Crippen LogP contribution in [0.5, 0.6) is 0 Å². The second-order valence-corrected chi connectivity index (χ2v) is 6.79. The Kier molecular flexibility index (Phi) is 6.21. The van der Waals surface area contributed by atoms with E-state index in [4.69, 9.17) is 5.73 Å². The number of ether oxygens (including phenoxy) is 1. The topological polar surface area (TPSA) is 207 Å². The van der Waals surface area contributed by atoms with Crippen molar-refractivity contribution in [1.82, 2.24) is 30.7 Å². The number of nitrogens with zero attached hydrogens (tertiary/aromatic N) is 7. The molecular formula is C20H15N9O6. The Morgan fingerprint density at radius 1 is 1.17 bits per heavy atom. The van der Waals surface area contributed by atoms with E-state index in [-0.39, 0.29) is 28.7 Å². The number of nitro benzene ring substituents is 1. The van der Waals surface area contributed by atoms with E-state index < -0.39 is 16.8 Å². The number of nitrogens with two attached hydrogens (primary N) is 1. The lowest BCUT2D eigenvalue weighted by Gasteiger charge is -2.05. The van der Waals surface area contributed by atoms with Gasteiger partial charge < -0.3 is 10.5 Å². The van der Waals surface area contributed by atoms with Gasteiger partial charge in [-0.05, 0) is 40.1 Å². The smallest absolute Gasteiger partial charge is 0.337 e. The number of nitro groups is 1. The number of carbonyl (C=O) groups is 2. The number of nitrogens with one attached hydrogen (secondary N) is 1. The van der Waals surface area contributed by atoms with Gasteiger partial charge in [0.05, 0.1) is 23.8 Å². The summed E-state index contributed by atoms with van der Waals surface area (Å²) in [6.45, 7) is 0. The average Bonchev–Trinajstić information content (AvgIpc) is 3.50. The maximum absolute atomic E-state index is 12.9. The number of non-ortho nitro benzene ring substituents is 1. The number of methoxy groups -OCH3 is 1. The monoisotopic (exact) mass is 477 g/mol. The Labute approximate surface area is 195 Å². The molecule has 15 heteroatoms. The van der Waals surface area contributed by atoms with E-state index in [9.17, 15) is 19.7 Å². The zero-order valence-corrected chi connectivity index (χ0v) is 17.9. The zero-order valence-electron chi connectivity index (χ0n) is 17.9. The molecule has 0 unspecified atom stereocenters. The molecule has 0 saturated carbocycles. The molecule has 0 atom stereocenters. The van der Waals surface area contributed by atoms with Crippen LogP contribution in [0.1, 0.15) is 26.4 Å². The Hall–Kier alpha value is -5.47. The number of esters is 1. The first-order valence-electron chi connectivity index (χ1n) is 9.69. The van der Waals surface area contributed by atoms with Gasteiger partial charge in [-0.15, -0.1) is 5.10 Å². The Morgan fingerprint density at radius 3 is 2.49 bits per heavy atom. The van der Waals surface area contributed by atoms with Crippen LogP contribution >= 0.6 is 0 Å². The number of rotatable bonds is 7. The summed E-state index contributed by atoms with van der Waals surface area (Å²) in [5.41, 5.74) is 9.21. The third-order valence-corrected chi connectivity index (χ3v) is 4.64. The lowest BCUT2D eigenvalue weighted by Crippen LogP contribution is -2.19. The second kappa shape index (κ2) is 9.57. The number of hydrogen-bond donors (Lipinski definition) is 2. The molecule has 0 aliphatic heterocycles. The Balaban J connectivity index is 1.62. The van der Waals surface area contributed by atoms with Crippen LogP contribution in [0.2, 0.25) is 0 Å². The van der Waals surface area contributed by atoms with Crippen molar-refractivity contribution in [2.75, 3.05) is 12.8 Å². The normalized spacial score (nSPS) is 10.9.